The SMILES string of the molecule is C=CCSc1ccccc1NC(=O)C(C)Cl. The topological polar surface area (TPSA) is 29.1 Å². The van der Waals surface area contributed by atoms with Gasteiger partial charge in [0.05, 0.1) is 5.69 Å². The minimum absolute atomic E-state index is 0.187. The van der Waals surface area contributed by atoms with Gasteiger partial charge >= 0.3 is 0 Å². The molecule has 0 aliphatic carbocycles. The summed E-state index contributed by atoms with van der Waals surface area (Å²) in [5, 5.41) is 2.26. The van der Waals surface area contributed by atoms with Gasteiger partial charge in [-0.1, -0.05) is 18.2 Å². The molecule has 0 fully saturated rings. The summed E-state index contributed by atoms with van der Waals surface area (Å²) in [7, 11) is 0. The lowest BCUT2D eigenvalue weighted by Crippen LogP contribution is -2.20. The van der Waals surface area contributed by atoms with Crippen LogP contribution in [0.3, 0.4) is 0 Å². The third-order valence-electron chi connectivity index (χ3n) is 1.86. The third kappa shape index (κ3) is 3.91. The molecule has 16 heavy (non-hydrogen) atoms. The molecule has 1 atom stereocenters. The number of benzene rings is 1. The number of hydrogen-bond donors (Lipinski definition) is 1. The smallest absolute Gasteiger partial charge is 0.242 e. The van der Waals surface area contributed by atoms with E-state index in [0.29, 0.717) is 0 Å². The number of nitrogens with one attached hydrogen (secondary N) is 1. The predicted octanol–water partition coefficient (Wildman–Crippen LogP) is 3.53. The Bertz CT molecular complexity index is 379. The van der Waals surface area contributed by atoms with E-state index in [0.717, 1.165) is 16.3 Å². The van der Waals surface area contributed by atoms with Crippen LogP contribution in [0.4, 0.5) is 5.69 Å². The number of halogens is 1. The lowest BCUT2D eigenvalue weighted by atomic mass is 10.3. The van der Waals surface area contributed by atoms with Crippen LogP contribution in [0.25, 0.3) is 0 Å². The van der Waals surface area contributed by atoms with Crippen molar-refractivity contribution in [1.29, 1.82) is 0 Å². The van der Waals surface area contributed by atoms with Gasteiger partial charge in [0.15, 0.2) is 0 Å². The van der Waals surface area contributed by atoms with Crippen LogP contribution < -0.4 is 5.32 Å². The summed E-state index contributed by atoms with van der Waals surface area (Å²) in [6, 6.07) is 7.64. The highest BCUT2D eigenvalue weighted by Crippen LogP contribution is 2.27. The first-order valence-electron chi connectivity index (χ1n) is 4.93. The fraction of sp³-hybridized carbons (Fsp3) is 0.250. The largest absolute Gasteiger partial charge is 0.324 e. The minimum Gasteiger partial charge on any atom is -0.324 e. The van der Waals surface area contributed by atoms with Gasteiger partial charge in [0.1, 0.15) is 5.38 Å². The van der Waals surface area contributed by atoms with Gasteiger partial charge in [-0.2, -0.15) is 0 Å². The van der Waals surface area contributed by atoms with Gasteiger partial charge in [0, 0.05) is 10.6 Å². The van der Waals surface area contributed by atoms with Crippen molar-refractivity contribution in [1.82, 2.24) is 0 Å². The molecule has 1 N–H and O–H groups in total. The number of amides is 1. The second-order valence-corrected chi connectivity index (χ2v) is 4.92. The molecule has 0 aromatic heterocycles. The van der Waals surface area contributed by atoms with E-state index in [9.17, 15) is 4.79 Å². The summed E-state index contributed by atoms with van der Waals surface area (Å²) >= 11 is 7.32. The molecule has 1 unspecified atom stereocenters. The minimum atomic E-state index is -0.530. The summed E-state index contributed by atoms with van der Waals surface area (Å²) in [4.78, 5) is 12.5. The molecular weight excluding hydrogens is 242 g/mol. The van der Waals surface area contributed by atoms with Crippen molar-refractivity contribution in [2.24, 2.45) is 0 Å². The van der Waals surface area contributed by atoms with Crippen LogP contribution in [-0.4, -0.2) is 17.0 Å². The number of anilines is 1. The van der Waals surface area contributed by atoms with E-state index >= 15 is 0 Å². The number of thioether (sulfide) groups is 1. The van der Waals surface area contributed by atoms with Gasteiger partial charge in [-0.05, 0) is 19.1 Å². The van der Waals surface area contributed by atoms with E-state index in [4.69, 9.17) is 11.6 Å². The predicted molar refractivity (Wildman–Crippen MR) is 71.3 cm³/mol. The number of carbonyl (C=O) groups excluding carboxylic acids is 1. The maximum Gasteiger partial charge on any atom is 0.242 e. The number of rotatable bonds is 5. The number of carbonyl (C=O) groups is 1. The summed E-state index contributed by atoms with van der Waals surface area (Å²) in [6.07, 6.45) is 1.83. The van der Waals surface area contributed by atoms with Gasteiger partial charge < -0.3 is 5.32 Å². The van der Waals surface area contributed by atoms with Crippen molar-refractivity contribution in [2.45, 2.75) is 17.2 Å². The zero-order chi connectivity index (χ0) is 12.0. The lowest BCUT2D eigenvalue weighted by Gasteiger charge is -2.10. The molecule has 0 heterocycles. The Morgan fingerprint density at radius 3 is 2.94 bits per heavy atom. The zero-order valence-corrected chi connectivity index (χ0v) is 10.6. The van der Waals surface area contributed by atoms with Crippen LogP contribution in [0.1, 0.15) is 6.92 Å². The molecule has 1 aromatic rings. The molecule has 1 aromatic carbocycles. The fourth-order valence-electron chi connectivity index (χ4n) is 1.08. The highest BCUT2D eigenvalue weighted by molar-refractivity contribution is 7.99. The molecule has 0 saturated heterocycles. The van der Waals surface area contributed by atoms with Crippen LogP contribution in [0.15, 0.2) is 41.8 Å². The van der Waals surface area contributed by atoms with Gasteiger partial charge in [-0.15, -0.1) is 29.9 Å². The van der Waals surface area contributed by atoms with Crippen molar-refractivity contribution in [3.05, 3.63) is 36.9 Å². The van der Waals surface area contributed by atoms with Crippen molar-refractivity contribution in [3.8, 4) is 0 Å². The molecule has 0 spiro atoms. The van der Waals surface area contributed by atoms with Gasteiger partial charge in [0.25, 0.3) is 0 Å². The molecule has 1 rings (SSSR count). The van der Waals surface area contributed by atoms with E-state index in [-0.39, 0.29) is 5.91 Å². The van der Waals surface area contributed by atoms with Crippen molar-refractivity contribution < 1.29 is 4.79 Å². The summed E-state index contributed by atoms with van der Waals surface area (Å²) < 4.78 is 0. The molecule has 86 valence electrons. The summed E-state index contributed by atoms with van der Waals surface area (Å²) in [5.74, 6) is 0.622. The average Bonchev–Trinajstić information content (AvgIpc) is 2.27. The van der Waals surface area contributed by atoms with Crippen LogP contribution >= 0.6 is 23.4 Å². The maximum absolute atomic E-state index is 11.5. The first-order valence-corrected chi connectivity index (χ1v) is 6.35. The summed E-state index contributed by atoms with van der Waals surface area (Å²) in [6.45, 7) is 5.31. The molecule has 2 nitrogen and oxygen atoms in total. The van der Waals surface area contributed by atoms with Gasteiger partial charge in [0.2, 0.25) is 5.91 Å². The van der Waals surface area contributed by atoms with Crippen LogP contribution in [-0.2, 0) is 4.79 Å². The quantitative estimate of drug-likeness (QED) is 0.495. The second-order valence-electron chi connectivity index (χ2n) is 3.20. The van der Waals surface area contributed by atoms with Crippen molar-refractivity contribution in [3.63, 3.8) is 0 Å². The molecule has 0 aliphatic rings. The zero-order valence-electron chi connectivity index (χ0n) is 9.07. The molecule has 4 heteroatoms. The Morgan fingerprint density at radius 2 is 2.31 bits per heavy atom. The molecule has 0 bridgehead atoms. The average molecular weight is 256 g/mol. The number of para-hydroxylation sites is 1. The first kappa shape index (κ1) is 13.1. The highest BCUT2D eigenvalue weighted by Gasteiger charge is 2.11. The monoisotopic (exact) mass is 255 g/mol. The van der Waals surface area contributed by atoms with Crippen LogP contribution in [0.5, 0.6) is 0 Å². The Hall–Kier alpha value is -0.930. The number of hydrogen-bond acceptors (Lipinski definition) is 2. The van der Waals surface area contributed by atoms with E-state index in [2.05, 4.69) is 11.9 Å². The Morgan fingerprint density at radius 1 is 1.62 bits per heavy atom. The maximum atomic E-state index is 11.5. The lowest BCUT2D eigenvalue weighted by molar-refractivity contribution is -0.115. The van der Waals surface area contributed by atoms with Gasteiger partial charge in [-0.25, -0.2) is 0 Å². The highest BCUT2D eigenvalue weighted by atomic mass is 35.5. The molecular formula is C12H14ClNOS. The van der Waals surface area contributed by atoms with Crippen LogP contribution in [0.2, 0.25) is 0 Å². The molecule has 0 aliphatic heterocycles. The van der Waals surface area contributed by atoms with Crippen LogP contribution in [0, 0.1) is 0 Å². The Kier molecular flexibility index (Phi) is 5.43. The van der Waals surface area contributed by atoms with E-state index in [1.54, 1.807) is 18.7 Å². The Labute approximate surface area is 105 Å². The van der Waals surface area contributed by atoms with E-state index in [1.807, 2.05) is 30.3 Å². The van der Waals surface area contributed by atoms with Crippen molar-refractivity contribution in [2.75, 3.05) is 11.1 Å². The van der Waals surface area contributed by atoms with E-state index in [1.165, 1.54) is 0 Å². The molecule has 0 saturated carbocycles. The normalized spacial score (nSPS) is 11.9. The number of alkyl halides is 1. The fourth-order valence-corrected chi connectivity index (χ4v) is 1.88. The molecule has 1 amide bonds. The van der Waals surface area contributed by atoms with Gasteiger partial charge in [-0.3, -0.25) is 4.79 Å². The van der Waals surface area contributed by atoms with E-state index < -0.39 is 5.38 Å². The second kappa shape index (κ2) is 6.61. The molecule has 0 radical (unpaired) electrons. The standard InChI is InChI=1S/C12H14ClNOS/c1-3-8-16-11-7-5-4-6-10(11)14-12(15)9(2)13/h3-7,9H,1,8H2,2H3,(H,14,15). The first-order chi connectivity index (χ1) is 7.65. The Balaban J connectivity index is 2.78. The third-order valence-corrected chi connectivity index (χ3v) is 3.13. The summed E-state index contributed by atoms with van der Waals surface area (Å²) in [5.41, 5.74) is 0.798. The van der Waals surface area contributed by atoms with Crippen molar-refractivity contribution >= 4 is 35.0 Å².